The minimum atomic E-state index is -1.25. The number of nitrogens with zero attached hydrogens (tertiary/aromatic N) is 4. The van der Waals surface area contributed by atoms with Crippen LogP contribution in [0.2, 0.25) is 0 Å². The molecule has 1 heterocycles. The third-order valence-corrected chi connectivity index (χ3v) is 5.26. The maximum Gasteiger partial charge on any atom is 0.305 e. The molecule has 1 aromatic heterocycles. The van der Waals surface area contributed by atoms with Crippen LogP contribution in [0.4, 0.5) is 8.78 Å². The number of phenols is 4. The third kappa shape index (κ3) is 6.60. The predicted octanol–water partition coefficient (Wildman–Crippen LogP) is 3.95. The van der Waals surface area contributed by atoms with Gasteiger partial charge in [-0.05, 0) is 66.8 Å². The number of halogens is 2. The first-order valence-electron chi connectivity index (χ1n) is 11.4. The van der Waals surface area contributed by atoms with E-state index in [0.29, 0.717) is 25.9 Å². The molecule has 0 aliphatic carbocycles. The second-order valence-corrected chi connectivity index (χ2v) is 8.00. The Hall–Kier alpha value is -4.48. The van der Waals surface area contributed by atoms with Gasteiger partial charge in [-0.2, -0.15) is 13.6 Å². The number of aromatic hydroxyl groups is 4. The smallest absolute Gasteiger partial charge is 0.305 e. The highest BCUT2D eigenvalue weighted by Crippen LogP contribution is 2.40. The molecule has 3 rings (SSSR count). The van der Waals surface area contributed by atoms with Gasteiger partial charge in [0, 0.05) is 17.6 Å². The maximum atomic E-state index is 14.0. The fourth-order valence-corrected chi connectivity index (χ4v) is 3.58. The van der Waals surface area contributed by atoms with E-state index in [1.165, 1.54) is 11.8 Å². The zero-order valence-electron chi connectivity index (χ0n) is 20.1. The minimum Gasteiger partial charge on any atom is -0.505 e. The number of carbonyl (C=O) groups excluding carboxylic acids is 1. The maximum absolute atomic E-state index is 14.0. The monoisotopic (exact) mass is 516 g/mol. The van der Waals surface area contributed by atoms with Gasteiger partial charge in [-0.15, -0.1) is 10.2 Å². The lowest BCUT2D eigenvalue weighted by Crippen LogP contribution is -2.02. The molecule has 0 fully saturated rings. The van der Waals surface area contributed by atoms with Gasteiger partial charge < -0.3 is 25.2 Å². The molecule has 0 spiro atoms. The summed E-state index contributed by atoms with van der Waals surface area (Å²) in [6.07, 6.45) is 5.37. The number of benzene rings is 2. The van der Waals surface area contributed by atoms with Crippen LogP contribution < -0.4 is 0 Å². The summed E-state index contributed by atoms with van der Waals surface area (Å²) in [5.74, 6) is -6.16. The first kappa shape index (κ1) is 27.1. The first-order valence-corrected chi connectivity index (χ1v) is 11.4. The molecule has 3 aromatic rings. The molecule has 4 N–H and O–H groups in total. The van der Waals surface area contributed by atoms with Crippen molar-refractivity contribution in [3.05, 3.63) is 65.0 Å². The molecule has 196 valence electrons. The summed E-state index contributed by atoms with van der Waals surface area (Å²) >= 11 is 0. The Morgan fingerprint density at radius 1 is 0.973 bits per heavy atom. The number of aromatic nitrogens is 4. The summed E-state index contributed by atoms with van der Waals surface area (Å²) in [7, 11) is 1.53. The van der Waals surface area contributed by atoms with E-state index in [4.69, 9.17) is 4.74 Å². The van der Waals surface area contributed by atoms with Gasteiger partial charge in [-0.25, -0.2) is 0 Å². The second kappa shape index (κ2) is 12.0. The highest BCUT2D eigenvalue weighted by molar-refractivity contribution is 6.01. The topological polar surface area (TPSA) is 151 Å². The van der Waals surface area contributed by atoms with Crippen LogP contribution in [0.5, 0.6) is 23.0 Å². The van der Waals surface area contributed by atoms with Gasteiger partial charge in [0.05, 0.1) is 13.7 Å². The Morgan fingerprint density at radius 3 is 1.97 bits per heavy atom. The van der Waals surface area contributed by atoms with Gasteiger partial charge in [-0.3, -0.25) is 4.79 Å². The Balaban J connectivity index is 2.13. The number of esters is 1. The highest BCUT2D eigenvalue weighted by Gasteiger charge is 2.22. The van der Waals surface area contributed by atoms with Crippen LogP contribution in [-0.4, -0.2) is 53.2 Å². The molecule has 0 aliphatic heterocycles. The number of ether oxygens (including phenoxy) is 1. The number of unbranched alkanes of at least 4 members (excludes halogenated alkanes) is 2. The Morgan fingerprint density at radius 2 is 1.51 bits per heavy atom. The van der Waals surface area contributed by atoms with Gasteiger partial charge in [-0.1, -0.05) is 12.2 Å². The van der Waals surface area contributed by atoms with E-state index in [1.807, 2.05) is 0 Å². The van der Waals surface area contributed by atoms with E-state index < -0.39 is 34.6 Å². The zero-order valence-corrected chi connectivity index (χ0v) is 20.1. The van der Waals surface area contributed by atoms with E-state index in [1.54, 1.807) is 19.1 Å². The molecule has 0 aliphatic rings. The van der Waals surface area contributed by atoms with Crippen LogP contribution in [-0.2, 0) is 16.6 Å². The van der Waals surface area contributed by atoms with Gasteiger partial charge in [0.2, 0.25) is 17.5 Å². The molecule has 0 bridgehead atoms. The van der Waals surface area contributed by atoms with Gasteiger partial charge in [0.1, 0.15) is 0 Å². The molecule has 10 nitrogen and oxygen atoms in total. The molecule has 37 heavy (non-hydrogen) atoms. The van der Waals surface area contributed by atoms with Crippen molar-refractivity contribution in [2.45, 2.75) is 32.6 Å². The second-order valence-electron chi connectivity index (χ2n) is 8.00. The van der Waals surface area contributed by atoms with Crippen molar-refractivity contribution in [3.63, 3.8) is 0 Å². The van der Waals surface area contributed by atoms with Crippen LogP contribution >= 0.6 is 0 Å². The first-order chi connectivity index (χ1) is 17.6. The van der Waals surface area contributed by atoms with Crippen molar-refractivity contribution in [3.8, 4) is 23.0 Å². The van der Waals surface area contributed by atoms with Crippen molar-refractivity contribution in [2.24, 2.45) is 7.05 Å². The van der Waals surface area contributed by atoms with Crippen molar-refractivity contribution >= 4 is 17.1 Å². The van der Waals surface area contributed by atoms with Crippen molar-refractivity contribution < 1.29 is 38.7 Å². The number of rotatable bonds is 10. The predicted molar refractivity (Wildman–Crippen MR) is 128 cm³/mol. The Bertz CT molecular complexity index is 1250. The third-order valence-electron chi connectivity index (χ3n) is 5.26. The summed E-state index contributed by atoms with van der Waals surface area (Å²) in [6.45, 7) is 2.04. The highest BCUT2D eigenvalue weighted by atomic mass is 19.1. The van der Waals surface area contributed by atoms with E-state index in [9.17, 15) is 34.0 Å². The largest absolute Gasteiger partial charge is 0.505 e. The Kier molecular flexibility index (Phi) is 8.77. The van der Waals surface area contributed by atoms with E-state index in [0.717, 1.165) is 24.3 Å². The van der Waals surface area contributed by atoms with E-state index in [-0.39, 0.29) is 40.5 Å². The van der Waals surface area contributed by atoms with E-state index in [2.05, 4.69) is 15.4 Å². The number of phenolic OH excluding ortho intramolecular Hbond substituents is 4. The van der Waals surface area contributed by atoms with E-state index >= 15 is 0 Å². The average Bonchev–Trinajstić information content (AvgIpc) is 3.28. The average molecular weight is 517 g/mol. The minimum absolute atomic E-state index is 0.0521. The number of carbonyl (C=O) groups is 1. The lowest BCUT2D eigenvalue weighted by molar-refractivity contribution is -0.143. The van der Waals surface area contributed by atoms with Crippen molar-refractivity contribution in [1.29, 1.82) is 0 Å². The number of tetrazole rings is 1. The van der Waals surface area contributed by atoms with Crippen LogP contribution in [0.1, 0.15) is 49.6 Å². The number of hydrogen-bond donors (Lipinski definition) is 4. The summed E-state index contributed by atoms with van der Waals surface area (Å²) in [4.78, 5) is 12.7. The Labute approximate surface area is 210 Å². The van der Waals surface area contributed by atoms with Crippen LogP contribution in [0.25, 0.3) is 11.1 Å². The van der Waals surface area contributed by atoms with Gasteiger partial charge in [0.15, 0.2) is 23.0 Å². The SMILES string of the molecule is CCOC(=O)CCCCC=CC(=C(c1cc(O)c(F)c(O)c1)c1cc(O)c(F)c(O)c1)c1nnn(C)n1. The standard InChI is InChI=1S/C25H26F2N4O6/c1-3-37-21(36)9-7-5-4-6-8-16(25-28-30-31(2)29-25)22(14-10-17(32)23(26)18(33)11-14)15-12-19(34)24(27)20(35)13-15/h6,8,10-13,32-35H,3-5,7,9H2,1-2H3. The van der Waals surface area contributed by atoms with Crippen molar-refractivity contribution in [1.82, 2.24) is 20.2 Å². The summed E-state index contributed by atoms with van der Waals surface area (Å²) < 4.78 is 32.9. The summed E-state index contributed by atoms with van der Waals surface area (Å²) in [5.41, 5.74) is 0.466. The van der Waals surface area contributed by atoms with Crippen LogP contribution in [0, 0.1) is 11.6 Å². The lowest BCUT2D eigenvalue weighted by atomic mass is 9.91. The molecule has 0 amide bonds. The molecule has 12 heteroatoms. The molecule has 0 unspecified atom stereocenters. The van der Waals surface area contributed by atoms with Gasteiger partial charge >= 0.3 is 5.97 Å². The quantitative estimate of drug-likeness (QED) is 0.178. The lowest BCUT2D eigenvalue weighted by Gasteiger charge is -2.15. The summed E-state index contributed by atoms with van der Waals surface area (Å²) in [5, 5.41) is 52.1. The number of hydrogen-bond acceptors (Lipinski definition) is 9. The molecular formula is C25H26F2N4O6. The zero-order chi connectivity index (χ0) is 27.1. The molecule has 2 aromatic carbocycles. The summed E-state index contributed by atoms with van der Waals surface area (Å²) in [6, 6.07) is 4.08. The number of aryl methyl sites for hydroxylation is 1. The molecular weight excluding hydrogens is 490 g/mol. The fourth-order valence-electron chi connectivity index (χ4n) is 3.58. The number of allylic oxidation sites excluding steroid dienone is 3. The molecule has 0 saturated carbocycles. The molecule has 0 radical (unpaired) electrons. The van der Waals surface area contributed by atoms with Gasteiger partial charge in [0.25, 0.3) is 0 Å². The van der Waals surface area contributed by atoms with Crippen LogP contribution in [0.15, 0.2) is 36.4 Å². The molecule has 0 atom stereocenters. The molecule has 0 saturated heterocycles. The van der Waals surface area contributed by atoms with Crippen LogP contribution in [0.3, 0.4) is 0 Å². The van der Waals surface area contributed by atoms with Crippen molar-refractivity contribution in [2.75, 3.05) is 6.61 Å². The normalized spacial score (nSPS) is 11.1. The fraction of sp³-hybridized carbons (Fsp3) is 0.280.